The van der Waals surface area contributed by atoms with E-state index in [0.29, 0.717) is 12.5 Å². The van der Waals surface area contributed by atoms with E-state index in [1.165, 1.54) is 11.1 Å². The normalized spacial score (nSPS) is 11.1. The molecule has 1 aromatic heterocycles. The van der Waals surface area contributed by atoms with Crippen LogP contribution in [0.15, 0.2) is 17.2 Å². The van der Waals surface area contributed by atoms with Gasteiger partial charge in [-0.2, -0.15) is 0 Å². The lowest BCUT2D eigenvalue weighted by atomic mass is 10.2. The Morgan fingerprint density at radius 1 is 1.42 bits per heavy atom. The van der Waals surface area contributed by atoms with Gasteiger partial charge in [0.15, 0.2) is 5.82 Å². The molecule has 0 fully saturated rings. The monoisotopic (exact) mass is 267 g/mol. The SMILES string of the molecule is CC(C)Cn1ccnc(N(CC(=O)O)C(C)C)c1=O. The Morgan fingerprint density at radius 3 is 2.53 bits per heavy atom. The van der Waals surface area contributed by atoms with Crippen LogP contribution in [0.25, 0.3) is 0 Å². The van der Waals surface area contributed by atoms with E-state index in [2.05, 4.69) is 4.98 Å². The second-order valence-corrected chi connectivity index (χ2v) is 5.22. The predicted molar refractivity (Wildman–Crippen MR) is 73.5 cm³/mol. The number of anilines is 1. The molecule has 0 radical (unpaired) electrons. The third kappa shape index (κ3) is 4.08. The van der Waals surface area contributed by atoms with Gasteiger partial charge >= 0.3 is 5.97 Å². The Bertz CT molecular complexity index is 494. The second-order valence-electron chi connectivity index (χ2n) is 5.22. The van der Waals surface area contributed by atoms with Gasteiger partial charge in [-0.3, -0.25) is 9.59 Å². The molecule has 1 rings (SSSR count). The Labute approximate surface area is 112 Å². The topological polar surface area (TPSA) is 75.4 Å². The molecule has 0 aliphatic heterocycles. The van der Waals surface area contributed by atoms with Gasteiger partial charge in [0, 0.05) is 25.0 Å². The number of carboxylic acid groups (broad SMARTS) is 1. The van der Waals surface area contributed by atoms with Gasteiger partial charge in [-0.1, -0.05) is 13.8 Å². The highest BCUT2D eigenvalue weighted by molar-refractivity contribution is 5.73. The summed E-state index contributed by atoms with van der Waals surface area (Å²) in [4.78, 5) is 28.7. The first-order valence-corrected chi connectivity index (χ1v) is 6.36. The molecule has 0 amide bonds. The van der Waals surface area contributed by atoms with Crippen LogP contribution in [0, 0.1) is 5.92 Å². The van der Waals surface area contributed by atoms with Crippen molar-refractivity contribution < 1.29 is 9.90 Å². The van der Waals surface area contributed by atoms with E-state index in [0.717, 1.165) is 0 Å². The second kappa shape index (κ2) is 6.36. The molecule has 0 aliphatic rings. The fourth-order valence-electron chi connectivity index (χ4n) is 1.82. The zero-order valence-corrected chi connectivity index (χ0v) is 11.8. The maximum absolute atomic E-state index is 12.3. The number of carbonyl (C=O) groups is 1. The van der Waals surface area contributed by atoms with Gasteiger partial charge in [-0.25, -0.2) is 4.98 Å². The van der Waals surface area contributed by atoms with Crippen LogP contribution >= 0.6 is 0 Å². The Kier molecular flexibility index (Phi) is 5.09. The molecule has 0 unspecified atom stereocenters. The molecule has 6 nitrogen and oxygen atoms in total. The fourth-order valence-corrected chi connectivity index (χ4v) is 1.82. The van der Waals surface area contributed by atoms with Crippen LogP contribution in [-0.4, -0.2) is 33.2 Å². The summed E-state index contributed by atoms with van der Waals surface area (Å²) >= 11 is 0. The number of hydrogen-bond acceptors (Lipinski definition) is 4. The molecular formula is C13H21N3O3. The molecule has 19 heavy (non-hydrogen) atoms. The number of carboxylic acids is 1. The van der Waals surface area contributed by atoms with Crippen LogP contribution in [0.2, 0.25) is 0 Å². The average Bonchev–Trinajstić information content (AvgIpc) is 2.28. The van der Waals surface area contributed by atoms with Crippen LogP contribution in [-0.2, 0) is 11.3 Å². The van der Waals surface area contributed by atoms with Crippen molar-refractivity contribution in [1.82, 2.24) is 9.55 Å². The van der Waals surface area contributed by atoms with Crippen LogP contribution in [0.4, 0.5) is 5.82 Å². The van der Waals surface area contributed by atoms with Gasteiger partial charge in [0.2, 0.25) is 0 Å². The molecule has 1 aromatic rings. The molecule has 1 heterocycles. The molecule has 0 saturated heterocycles. The summed E-state index contributed by atoms with van der Waals surface area (Å²) in [6.07, 6.45) is 3.17. The van der Waals surface area contributed by atoms with Crippen molar-refractivity contribution in [3.05, 3.63) is 22.7 Å². The first-order chi connectivity index (χ1) is 8.82. The molecule has 0 atom stereocenters. The van der Waals surface area contributed by atoms with E-state index in [1.54, 1.807) is 10.8 Å². The van der Waals surface area contributed by atoms with E-state index in [4.69, 9.17) is 5.11 Å². The average molecular weight is 267 g/mol. The summed E-state index contributed by atoms with van der Waals surface area (Å²) in [5.41, 5.74) is -0.244. The summed E-state index contributed by atoms with van der Waals surface area (Å²) < 4.78 is 1.57. The van der Waals surface area contributed by atoms with E-state index < -0.39 is 5.97 Å². The molecule has 0 aliphatic carbocycles. The van der Waals surface area contributed by atoms with Gasteiger partial charge < -0.3 is 14.6 Å². The minimum atomic E-state index is -0.978. The highest BCUT2D eigenvalue weighted by Crippen LogP contribution is 2.08. The molecular weight excluding hydrogens is 246 g/mol. The largest absolute Gasteiger partial charge is 0.480 e. The van der Waals surface area contributed by atoms with Crippen molar-refractivity contribution in [2.75, 3.05) is 11.4 Å². The molecule has 0 saturated carbocycles. The lowest BCUT2D eigenvalue weighted by molar-refractivity contribution is -0.135. The zero-order valence-electron chi connectivity index (χ0n) is 11.8. The van der Waals surface area contributed by atoms with Gasteiger partial charge in [0.25, 0.3) is 5.56 Å². The van der Waals surface area contributed by atoms with Crippen molar-refractivity contribution in [2.24, 2.45) is 5.92 Å². The Balaban J connectivity index is 3.17. The highest BCUT2D eigenvalue weighted by Gasteiger charge is 2.19. The van der Waals surface area contributed by atoms with Crippen LogP contribution in [0.5, 0.6) is 0 Å². The predicted octanol–water partition coefficient (Wildman–Crippen LogP) is 1.20. The number of nitrogens with zero attached hydrogens (tertiary/aromatic N) is 3. The minimum absolute atomic E-state index is 0.105. The van der Waals surface area contributed by atoms with E-state index in [-0.39, 0.29) is 24.0 Å². The maximum atomic E-state index is 12.3. The van der Waals surface area contributed by atoms with Crippen molar-refractivity contribution in [3.63, 3.8) is 0 Å². The van der Waals surface area contributed by atoms with Gasteiger partial charge in [-0.05, 0) is 19.8 Å². The molecule has 1 N–H and O–H groups in total. The van der Waals surface area contributed by atoms with E-state index in [9.17, 15) is 9.59 Å². The first kappa shape index (κ1) is 15.2. The summed E-state index contributed by atoms with van der Waals surface area (Å²) in [7, 11) is 0. The fraction of sp³-hybridized carbons (Fsp3) is 0.615. The van der Waals surface area contributed by atoms with Crippen LogP contribution in [0.1, 0.15) is 27.7 Å². The number of rotatable bonds is 6. The summed E-state index contributed by atoms with van der Waals surface area (Å²) in [6, 6.07) is -0.105. The first-order valence-electron chi connectivity index (χ1n) is 6.36. The quantitative estimate of drug-likeness (QED) is 0.838. The van der Waals surface area contributed by atoms with Gasteiger partial charge in [0.05, 0.1) is 0 Å². The molecule has 6 heteroatoms. The van der Waals surface area contributed by atoms with E-state index in [1.807, 2.05) is 27.7 Å². The van der Waals surface area contributed by atoms with Crippen LogP contribution < -0.4 is 10.5 Å². The number of aliphatic carboxylic acids is 1. The third-order valence-electron chi connectivity index (χ3n) is 2.66. The Hall–Kier alpha value is -1.85. The smallest absolute Gasteiger partial charge is 0.323 e. The highest BCUT2D eigenvalue weighted by atomic mass is 16.4. The zero-order chi connectivity index (χ0) is 14.6. The maximum Gasteiger partial charge on any atom is 0.323 e. The minimum Gasteiger partial charge on any atom is -0.480 e. The molecule has 106 valence electrons. The van der Waals surface area contributed by atoms with Gasteiger partial charge in [-0.15, -0.1) is 0 Å². The lowest BCUT2D eigenvalue weighted by Gasteiger charge is -2.25. The third-order valence-corrected chi connectivity index (χ3v) is 2.66. The molecule has 0 aromatic carbocycles. The van der Waals surface area contributed by atoms with Gasteiger partial charge in [0.1, 0.15) is 6.54 Å². The van der Waals surface area contributed by atoms with Crippen LogP contribution in [0.3, 0.4) is 0 Å². The van der Waals surface area contributed by atoms with E-state index >= 15 is 0 Å². The lowest BCUT2D eigenvalue weighted by Crippen LogP contribution is -2.41. The number of hydrogen-bond donors (Lipinski definition) is 1. The number of aromatic nitrogens is 2. The van der Waals surface area contributed by atoms with Crippen molar-refractivity contribution in [2.45, 2.75) is 40.3 Å². The van der Waals surface area contributed by atoms with Crippen molar-refractivity contribution in [1.29, 1.82) is 0 Å². The van der Waals surface area contributed by atoms with Crippen molar-refractivity contribution in [3.8, 4) is 0 Å². The summed E-state index contributed by atoms with van der Waals surface area (Å²) in [6.45, 7) is 8.07. The Morgan fingerprint density at radius 2 is 2.05 bits per heavy atom. The standard InChI is InChI=1S/C13H21N3O3/c1-9(2)7-15-6-5-14-12(13(15)19)16(10(3)4)8-11(17)18/h5-6,9-10H,7-8H2,1-4H3,(H,17,18). The summed E-state index contributed by atoms with van der Waals surface area (Å²) in [5, 5.41) is 8.92. The van der Waals surface area contributed by atoms with Crippen molar-refractivity contribution >= 4 is 11.8 Å². The molecule has 0 bridgehead atoms. The molecule has 0 spiro atoms. The summed E-state index contributed by atoms with van der Waals surface area (Å²) in [5.74, 6) is -0.449.